The fourth-order valence-electron chi connectivity index (χ4n) is 5.09. The molecule has 2 saturated heterocycles. The van der Waals surface area contributed by atoms with E-state index in [0.717, 1.165) is 18.9 Å². The molecule has 0 radical (unpaired) electrons. The Morgan fingerprint density at radius 1 is 1.20 bits per heavy atom. The molecule has 2 heterocycles. The van der Waals surface area contributed by atoms with E-state index in [0.29, 0.717) is 38.7 Å². The third-order valence-electron chi connectivity index (χ3n) is 7.00. The molecular formula is C23H38N4O3. The number of likely N-dealkylation sites (tertiary alicyclic amines) is 1. The van der Waals surface area contributed by atoms with Gasteiger partial charge in [0.25, 0.3) is 0 Å². The van der Waals surface area contributed by atoms with Gasteiger partial charge in [-0.2, -0.15) is 5.26 Å². The smallest absolute Gasteiger partial charge is 0.223 e. The van der Waals surface area contributed by atoms with Crippen molar-refractivity contribution in [2.75, 3.05) is 32.8 Å². The molecule has 168 valence electrons. The Morgan fingerprint density at radius 2 is 1.97 bits per heavy atom. The van der Waals surface area contributed by atoms with Gasteiger partial charge in [-0.15, -0.1) is 0 Å². The van der Waals surface area contributed by atoms with E-state index >= 15 is 0 Å². The van der Waals surface area contributed by atoms with Gasteiger partial charge in [0.05, 0.1) is 18.8 Å². The number of nitriles is 1. The van der Waals surface area contributed by atoms with Crippen LogP contribution >= 0.6 is 0 Å². The van der Waals surface area contributed by atoms with Crippen LogP contribution in [0.15, 0.2) is 0 Å². The Kier molecular flexibility index (Phi) is 8.13. The maximum absolute atomic E-state index is 12.7. The molecule has 2 unspecified atom stereocenters. The maximum Gasteiger partial charge on any atom is 0.223 e. The van der Waals surface area contributed by atoms with Crippen molar-refractivity contribution >= 4 is 11.8 Å². The van der Waals surface area contributed by atoms with Gasteiger partial charge < -0.3 is 15.0 Å². The Hall–Kier alpha value is -1.65. The molecule has 0 aromatic rings. The molecule has 1 N–H and O–H groups in total. The van der Waals surface area contributed by atoms with Crippen LogP contribution < -0.4 is 5.32 Å². The highest BCUT2D eigenvalue weighted by Crippen LogP contribution is 2.29. The number of carbonyl (C=O) groups excluding carboxylic acids is 2. The monoisotopic (exact) mass is 418 g/mol. The van der Waals surface area contributed by atoms with E-state index in [2.05, 4.69) is 30.1 Å². The number of amides is 2. The van der Waals surface area contributed by atoms with Crippen LogP contribution in [0, 0.1) is 17.2 Å². The van der Waals surface area contributed by atoms with E-state index in [1.54, 1.807) is 0 Å². The first-order chi connectivity index (χ1) is 14.4. The van der Waals surface area contributed by atoms with Gasteiger partial charge in [0.1, 0.15) is 5.54 Å². The first-order valence-electron chi connectivity index (χ1n) is 11.8. The summed E-state index contributed by atoms with van der Waals surface area (Å²) in [6, 6.07) is 2.65. The highest BCUT2D eigenvalue weighted by atomic mass is 16.5. The van der Waals surface area contributed by atoms with E-state index in [9.17, 15) is 14.9 Å². The topological polar surface area (TPSA) is 85.7 Å². The number of rotatable bonds is 7. The van der Waals surface area contributed by atoms with Gasteiger partial charge in [0.15, 0.2) is 0 Å². The summed E-state index contributed by atoms with van der Waals surface area (Å²) in [6.07, 6.45) is 8.66. The highest BCUT2D eigenvalue weighted by molar-refractivity contribution is 5.84. The summed E-state index contributed by atoms with van der Waals surface area (Å²) in [5.74, 6) is 0.536. The van der Waals surface area contributed by atoms with Gasteiger partial charge in [0.2, 0.25) is 11.8 Å². The molecule has 0 bridgehead atoms. The number of morpholine rings is 1. The molecule has 3 fully saturated rings. The lowest BCUT2D eigenvalue weighted by molar-refractivity contribution is -0.141. The largest absolute Gasteiger partial charge is 0.375 e. The minimum atomic E-state index is -0.825. The molecule has 3 rings (SSSR count). The van der Waals surface area contributed by atoms with Crippen molar-refractivity contribution in [2.24, 2.45) is 5.92 Å². The van der Waals surface area contributed by atoms with Crippen LogP contribution in [0.4, 0.5) is 0 Å². The summed E-state index contributed by atoms with van der Waals surface area (Å²) < 4.78 is 5.92. The van der Waals surface area contributed by atoms with E-state index in [1.165, 1.54) is 32.1 Å². The highest BCUT2D eigenvalue weighted by Gasteiger charge is 2.40. The maximum atomic E-state index is 12.7. The van der Waals surface area contributed by atoms with E-state index < -0.39 is 5.54 Å². The number of hydrogen-bond donors (Lipinski definition) is 1. The normalized spacial score (nSPS) is 28.5. The van der Waals surface area contributed by atoms with Crippen molar-refractivity contribution < 1.29 is 14.3 Å². The van der Waals surface area contributed by atoms with Gasteiger partial charge in [-0.25, -0.2) is 0 Å². The molecule has 1 aliphatic carbocycles. The summed E-state index contributed by atoms with van der Waals surface area (Å²) in [5, 5.41) is 12.5. The Morgan fingerprint density at radius 3 is 2.63 bits per heavy atom. The lowest BCUT2D eigenvalue weighted by Gasteiger charge is -2.35. The predicted octanol–water partition coefficient (Wildman–Crippen LogP) is 2.46. The molecule has 7 heteroatoms. The summed E-state index contributed by atoms with van der Waals surface area (Å²) >= 11 is 0. The molecule has 0 aromatic heterocycles. The Bertz CT molecular complexity index is 641. The van der Waals surface area contributed by atoms with Crippen molar-refractivity contribution in [3.63, 3.8) is 0 Å². The van der Waals surface area contributed by atoms with Crippen molar-refractivity contribution in [3.8, 4) is 6.07 Å². The van der Waals surface area contributed by atoms with Crippen LogP contribution in [0.3, 0.4) is 0 Å². The molecule has 0 spiro atoms. The second-order valence-corrected chi connectivity index (χ2v) is 9.63. The SMILES string of the molecule is CC(C)N1CCC(C#N)(NC(=O)CCC(=O)N2CCOC(CC3CCCCC3)C2)C1. The van der Waals surface area contributed by atoms with E-state index in [1.807, 2.05) is 4.90 Å². The zero-order valence-corrected chi connectivity index (χ0v) is 18.7. The lowest BCUT2D eigenvalue weighted by atomic mass is 9.85. The van der Waals surface area contributed by atoms with Crippen LogP contribution in [0.25, 0.3) is 0 Å². The van der Waals surface area contributed by atoms with Gasteiger partial charge in [-0.05, 0) is 32.6 Å². The lowest BCUT2D eigenvalue weighted by Crippen LogP contribution is -2.50. The van der Waals surface area contributed by atoms with Crippen molar-refractivity contribution in [2.45, 2.75) is 89.3 Å². The Labute approximate surface area is 181 Å². The van der Waals surface area contributed by atoms with Crippen LogP contribution in [0.1, 0.15) is 71.6 Å². The summed E-state index contributed by atoms with van der Waals surface area (Å²) in [7, 11) is 0. The van der Waals surface area contributed by atoms with E-state index in [-0.39, 0.29) is 30.8 Å². The minimum Gasteiger partial charge on any atom is -0.375 e. The second kappa shape index (κ2) is 10.6. The number of carbonyl (C=O) groups is 2. The zero-order valence-electron chi connectivity index (χ0n) is 18.7. The number of nitrogens with zero attached hydrogens (tertiary/aromatic N) is 3. The molecule has 1 saturated carbocycles. The van der Waals surface area contributed by atoms with E-state index in [4.69, 9.17) is 4.74 Å². The first kappa shape index (κ1) is 23.0. The van der Waals surface area contributed by atoms with Gasteiger partial charge in [0, 0.05) is 45.1 Å². The standard InChI is InChI=1S/C23H38N4O3/c1-18(2)27-11-10-23(16-24,17-27)25-21(28)8-9-22(29)26-12-13-30-20(15-26)14-19-6-4-3-5-7-19/h18-20H,3-15,17H2,1-2H3,(H,25,28). The third-order valence-corrected chi connectivity index (χ3v) is 7.00. The summed E-state index contributed by atoms with van der Waals surface area (Å²) in [4.78, 5) is 29.2. The average Bonchev–Trinajstić information content (AvgIpc) is 3.18. The van der Waals surface area contributed by atoms with Crippen LogP contribution in [-0.2, 0) is 14.3 Å². The van der Waals surface area contributed by atoms with Crippen molar-refractivity contribution in [1.82, 2.24) is 15.1 Å². The number of ether oxygens (including phenoxy) is 1. The van der Waals surface area contributed by atoms with Gasteiger partial charge >= 0.3 is 0 Å². The van der Waals surface area contributed by atoms with Crippen LogP contribution in [0.2, 0.25) is 0 Å². The third kappa shape index (κ3) is 6.18. The average molecular weight is 419 g/mol. The number of nitrogens with one attached hydrogen (secondary N) is 1. The molecule has 30 heavy (non-hydrogen) atoms. The number of hydrogen-bond acceptors (Lipinski definition) is 5. The molecular weight excluding hydrogens is 380 g/mol. The molecule has 7 nitrogen and oxygen atoms in total. The van der Waals surface area contributed by atoms with Crippen molar-refractivity contribution in [1.29, 1.82) is 5.26 Å². The quantitative estimate of drug-likeness (QED) is 0.686. The van der Waals surface area contributed by atoms with Gasteiger partial charge in [-0.1, -0.05) is 32.1 Å². The molecule has 2 atom stereocenters. The predicted molar refractivity (Wildman–Crippen MR) is 115 cm³/mol. The second-order valence-electron chi connectivity index (χ2n) is 9.63. The molecule has 3 aliphatic rings. The molecule has 0 aromatic carbocycles. The summed E-state index contributed by atoms with van der Waals surface area (Å²) in [5.41, 5.74) is -0.825. The fourth-order valence-corrected chi connectivity index (χ4v) is 5.09. The van der Waals surface area contributed by atoms with Gasteiger partial charge in [-0.3, -0.25) is 14.5 Å². The minimum absolute atomic E-state index is 0.0170. The van der Waals surface area contributed by atoms with Crippen LogP contribution in [0.5, 0.6) is 0 Å². The summed E-state index contributed by atoms with van der Waals surface area (Å²) in [6.45, 7) is 7.37. The fraction of sp³-hybridized carbons (Fsp3) is 0.870. The Balaban J connectivity index is 1.42. The first-order valence-corrected chi connectivity index (χ1v) is 11.8. The van der Waals surface area contributed by atoms with Crippen LogP contribution in [-0.4, -0.2) is 72.1 Å². The molecule has 2 amide bonds. The molecule has 2 aliphatic heterocycles. The van der Waals surface area contributed by atoms with Crippen molar-refractivity contribution in [3.05, 3.63) is 0 Å². The zero-order chi connectivity index (χ0) is 21.6.